The van der Waals surface area contributed by atoms with Crippen molar-refractivity contribution in [2.24, 2.45) is 11.3 Å². The predicted molar refractivity (Wildman–Crippen MR) is 42.8 cm³/mol. The fourth-order valence-electron chi connectivity index (χ4n) is 1.93. The fourth-order valence-corrected chi connectivity index (χ4v) is 1.93. The first-order valence-electron chi connectivity index (χ1n) is 4.34. The van der Waals surface area contributed by atoms with Gasteiger partial charge in [0.1, 0.15) is 0 Å². The fraction of sp³-hybridized carbons (Fsp3) is 1.00. The number of aliphatic hydroxyl groups excluding tert-OH is 1. The van der Waals surface area contributed by atoms with E-state index in [1.54, 1.807) is 0 Å². The van der Waals surface area contributed by atoms with Crippen molar-refractivity contribution in [2.75, 3.05) is 6.61 Å². The van der Waals surface area contributed by atoms with Crippen molar-refractivity contribution < 1.29 is 5.11 Å². The average Bonchev–Trinajstić information content (AvgIpc) is 2.59. The van der Waals surface area contributed by atoms with Crippen molar-refractivity contribution in [3.05, 3.63) is 0 Å². The molecule has 0 aliphatic heterocycles. The van der Waals surface area contributed by atoms with Crippen LogP contribution in [-0.4, -0.2) is 11.7 Å². The van der Waals surface area contributed by atoms with Crippen molar-refractivity contribution in [3.63, 3.8) is 0 Å². The summed E-state index contributed by atoms with van der Waals surface area (Å²) in [4.78, 5) is 0. The van der Waals surface area contributed by atoms with E-state index in [2.05, 4.69) is 13.8 Å². The van der Waals surface area contributed by atoms with Gasteiger partial charge in [-0.25, -0.2) is 0 Å². The van der Waals surface area contributed by atoms with Gasteiger partial charge in [0.2, 0.25) is 0 Å². The Morgan fingerprint density at radius 2 is 2.30 bits per heavy atom. The minimum absolute atomic E-state index is 0.367. The topological polar surface area (TPSA) is 20.2 Å². The maximum Gasteiger partial charge on any atom is 0.0431 e. The molecule has 2 unspecified atom stereocenters. The quantitative estimate of drug-likeness (QED) is 0.638. The molecular formula is C9H18O. The number of hydrogen-bond donors (Lipinski definition) is 1. The summed E-state index contributed by atoms with van der Waals surface area (Å²) in [6.07, 6.45) is 4.93. The van der Waals surface area contributed by atoms with Crippen LogP contribution in [0.1, 0.15) is 39.5 Å². The molecule has 0 amide bonds. The van der Waals surface area contributed by atoms with Gasteiger partial charge in [0.15, 0.2) is 0 Å². The Labute approximate surface area is 63.4 Å². The normalized spacial score (nSPS) is 38.1. The zero-order valence-corrected chi connectivity index (χ0v) is 7.06. The molecule has 1 N–H and O–H groups in total. The van der Waals surface area contributed by atoms with E-state index in [1.165, 1.54) is 19.3 Å². The Balaban J connectivity index is 2.16. The largest absolute Gasteiger partial charge is 0.396 e. The van der Waals surface area contributed by atoms with Crippen LogP contribution in [0.4, 0.5) is 0 Å². The first kappa shape index (κ1) is 8.06. The molecule has 1 rings (SSSR count). The summed E-state index contributed by atoms with van der Waals surface area (Å²) in [6.45, 7) is 4.97. The van der Waals surface area contributed by atoms with Gasteiger partial charge >= 0.3 is 0 Å². The van der Waals surface area contributed by atoms with Crippen molar-refractivity contribution in [1.82, 2.24) is 0 Å². The van der Waals surface area contributed by atoms with Gasteiger partial charge in [-0.15, -0.1) is 0 Å². The third-order valence-electron chi connectivity index (χ3n) is 2.94. The van der Waals surface area contributed by atoms with Gasteiger partial charge in [-0.3, -0.25) is 0 Å². The molecule has 10 heavy (non-hydrogen) atoms. The highest BCUT2D eigenvalue weighted by molar-refractivity contribution is 4.97. The predicted octanol–water partition coefficient (Wildman–Crippen LogP) is 2.20. The van der Waals surface area contributed by atoms with Gasteiger partial charge in [0.25, 0.3) is 0 Å². The van der Waals surface area contributed by atoms with Crippen molar-refractivity contribution in [1.29, 1.82) is 0 Å². The zero-order chi connectivity index (χ0) is 7.61. The van der Waals surface area contributed by atoms with Crippen molar-refractivity contribution in [2.45, 2.75) is 39.5 Å². The lowest BCUT2D eigenvalue weighted by Gasteiger charge is -2.07. The van der Waals surface area contributed by atoms with Gasteiger partial charge in [-0.2, -0.15) is 0 Å². The SMILES string of the molecule is CCC1CC1(C)CCCO. The van der Waals surface area contributed by atoms with Gasteiger partial charge in [-0.05, 0) is 30.6 Å². The third kappa shape index (κ3) is 1.51. The van der Waals surface area contributed by atoms with Crippen LogP contribution in [0.3, 0.4) is 0 Å². The summed E-state index contributed by atoms with van der Waals surface area (Å²) in [6, 6.07) is 0. The Morgan fingerprint density at radius 1 is 1.60 bits per heavy atom. The molecule has 2 atom stereocenters. The minimum atomic E-state index is 0.367. The molecule has 0 aromatic heterocycles. The smallest absolute Gasteiger partial charge is 0.0431 e. The number of hydrogen-bond acceptors (Lipinski definition) is 1. The summed E-state index contributed by atoms with van der Waals surface area (Å²) in [5.74, 6) is 0.957. The highest BCUT2D eigenvalue weighted by Crippen LogP contribution is 2.56. The Kier molecular flexibility index (Phi) is 2.35. The van der Waals surface area contributed by atoms with Gasteiger partial charge in [0.05, 0.1) is 0 Å². The summed E-state index contributed by atoms with van der Waals surface area (Å²) in [5, 5.41) is 8.62. The van der Waals surface area contributed by atoms with E-state index < -0.39 is 0 Å². The lowest BCUT2D eigenvalue weighted by atomic mass is 9.99. The summed E-state index contributed by atoms with van der Waals surface area (Å²) in [7, 11) is 0. The van der Waals surface area contributed by atoms with Crippen LogP contribution in [-0.2, 0) is 0 Å². The van der Waals surface area contributed by atoms with Gasteiger partial charge in [0, 0.05) is 6.61 Å². The Morgan fingerprint density at radius 3 is 2.70 bits per heavy atom. The molecule has 0 saturated heterocycles. The second kappa shape index (κ2) is 2.91. The second-order valence-corrected chi connectivity index (χ2v) is 3.79. The van der Waals surface area contributed by atoms with Crippen LogP contribution < -0.4 is 0 Å². The van der Waals surface area contributed by atoms with E-state index >= 15 is 0 Å². The van der Waals surface area contributed by atoms with E-state index in [4.69, 9.17) is 5.11 Å². The molecule has 1 heteroatoms. The summed E-state index contributed by atoms with van der Waals surface area (Å²) < 4.78 is 0. The van der Waals surface area contributed by atoms with Crippen LogP contribution in [0.5, 0.6) is 0 Å². The molecular weight excluding hydrogens is 124 g/mol. The van der Waals surface area contributed by atoms with Crippen LogP contribution in [0.15, 0.2) is 0 Å². The minimum Gasteiger partial charge on any atom is -0.396 e. The molecule has 0 heterocycles. The third-order valence-corrected chi connectivity index (χ3v) is 2.94. The monoisotopic (exact) mass is 142 g/mol. The lowest BCUT2D eigenvalue weighted by Crippen LogP contribution is -1.98. The average molecular weight is 142 g/mol. The number of aliphatic hydroxyl groups is 1. The molecule has 60 valence electrons. The van der Waals surface area contributed by atoms with Crippen LogP contribution in [0, 0.1) is 11.3 Å². The Bertz CT molecular complexity index is 111. The van der Waals surface area contributed by atoms with E-state index in [-0.39, 0.29) is 0 Å². The van der Waals surface area contributed by atoms with E-state index in [9.17, 15) is 0 Å². The van der Waals surface area contributed by atoms with Crippen molar-refractivity contribution >= 4 is 0 Å². The Hall–Kier alpha value is -0.0400. The second-order valence-electron chi connectivity index (χ2n) is 3.79. The van der Waals surface area contributed by atoms with E-state index in [0.29, 0.717) is 12.0 Å². The molecule has 1 aliphatic carbocycles. The molecule has 0 aromatic carbocycles. The molecule has 1 fully saturated rings. The first-order chi connectivity index (χ1) is 4.73. The highest BCUT2D eigenvalue weighted by Gasteiger charge is 2.47. The van der Waals surface area contributed by atoms with Gasteiger partial charge in [-0.1, -0.05) is 20.3 Å². The zero-order valence-electron chi connectivity index (χ0n) is 7.06. The lowest BCUT2D eigenvalue weighted by molar-refractivity contribution is 0.266. The van der Waals surface area contributed by atoms with Crippen molar-refractivity contribution in [3.8, 4) is 0 Å². The van der Waals surface area contributed by atoms with Crippen LogP contribution >= 0.6 is 0 Å². The summed E-state index contributed by atoms with van der Waals surface area (Å²) >= 11 is 0. The summed E-state index contributed by atoms with van der Waals surface area (Å²) in [5.41, 5.74) is 0.609. The molecule has 0 bridgehead atoms. The highest BCUT2D eigenvalue weighted by atomic mass is 16.2. The number of rotatable bonds is 4. The molecule has 0 aromatic rings. The van der Waals surface area contributed by atoms with E-state index in [1.807, 2.05) is 0 Å². The van der Waals surface area contributed by atoms with Gasteiger partial charge < -0.3 is 5.11 Å². The van der Waals surface area contributed by atoms with E-state index in [0.717, 1.165) is 12.3 Å². The molecule has 0 radical (unpaired) electrons. The molecule has 1 aliphatic rings. The maximum atomic E-state index is 8.62. The molecule has 1 saturated carbocycles. The standard InChI is InChI=1S/C9H18O/c1-3-8-7-9(8,2)5-4-6-10/h8,10H,3-7H2,1-2H3. The van der Waals surface area contributed by atoms with Crippen LogP contribution in [0.25, 0.3) is 0 Å². The molecule has 0 spiro atoms. The van der Waals surface area contributed by atoms with Crippen LogP contribution in [0.2, 0.25) is 0 Å². The molecule has 1 nitrogen and oxygen atoms in total. The first-order valence-corrected chi connectivity index (χ1v) is 4.34. The maximum absolute atomic E-state index is 8.62.